The molecule has 2 rings (SSSR count). The highest BCUT2D eigenvalue weighted by molar-refractivity contribution is 5.81. The van der Waals surface area contributed by atoms with Crippen molar-refractivity contribution in [2.75, 3.05) is 7.11 Å². The number of methoxy groups -OCH3 is 1. The van der Waals surface area contributed by atoms with Crippen molar-refractivity contribution in [3.8, 4) is 11.5 Å². The minimum atomic E-state index is -0.365. The van der Waals surface area contributed by atoms with Crippen LogP contribution < -0.4 is 9.47 Å². The molecular formula is C14H15NO4. The molecule has 2 aromatic rings. The number of aryl methyl sites for hydroxylation is 1. The van der Waals surface area contributed by atoms with Gasteiger partial charge in [0.05, 0.1) is 18.4 Å². The Kier molecular flexibility index (Phi) is 3.85. The Bertz CT molecular complexity index is 577. The fraction of sp³-hybridized carbons (Fsp3) is 0.286. The molecule has 0 saturated carbocycles. The number of nitrogens with zero attached hydrogens (tertiary/aromatic N) is 1. The molecule has 1 aromatic carbocycles. The lowest BCUT2D eigenvalue weighted by molar-refractivity contribution is 0.111. The van der Waals surface area contributed by atoms with E-state index in [4.69, 9.17) is 14.0 Å². The smallest absolute Gasteiger partial charge is 0.177 e. The number of benzene rings is 1. The Balaban J connectivity index is 2.29. The van der Waals surface area contributed by atoms with E-state index < -0.39 is 0 Å². The lowest BCUT2D eigenvalue weighted by atomic mass is 10.2. The number of aromatic nitrogens is 1. The molecule has 19 heavy (non-hydrogen) atoms. The van der Waals surface area contributed by atoms with E-state index in [9.17, 15) is 4.79 Å². The summed E-state index contributed by atoms with van der Waals surface area (Å²) in [5.41, 5.74) is 1.21. The number of para-hydroxylation sites is 1. The second-order valence-corrected chi connectivity index (χ2v) is 4.13. The van der Waals surface area contributed by atoms with Gasteiger partial charge in [-0.3, -0.25) is 4.79 Å². The maximum Gasteiger partial charge on any atom is 0.177 e. The molecule has 100 valence electrons. The summed E-state index contributed by atoms with van der Waals surface area (Å²) in [6, 6.07) is 6.93. The molecule has 1 atom stereocenters. The molecule has 0 radical (unpaired) electrons. The van der Waals surface area contributed by atoms with Crippen LogP contribution in [0.25, 0.3) is 0 Å². The Morgan fingerprint density at radius 3 is 2.79 bits per heavy atom. The van der Waals surface area contributed by atoms with Crippen LogP contribution in [0.15, 0.2) is 28.8 Å². The average Bonchev–Trinajstić information content (AvgIpc) is 2.85. The van der Waals surface area contributed by atoms with Crippen LogP contribution in [-0.4, -0.2) is 18.6 Å². The molecule has 0 aliphatic rings. The van der Waals surface area contributed by atoms with Crippen LogP contribution in [0, 0.1) is 6.92 Å². The van der Waals surface area contributed by atoms with Crippen LogP contribution in [0.1, 0.15) is 34.8 Å². The first-order valence-electron chi connectivity index (χ1n) is 5.87. The van der Waals surface area contributed by atoms with E-state index in [1.165, 1.54) is 7.11 Å². The van der Waals surface area contributed by atoms with Crippen LogP contribution in [0.5, 0.6) is 11.5 Å². The molecule has 0 N–H and O–H groups in total. The molecule has 0 saturated heterocycles. The van der Waals surface area contributed by atoms with Gasteiger partial charge in [0.2, 0.25) is 0 Å². The van der Waals surface area contributed by atoms with Gasteiger partial charge in [0.1, 0.15) is 0 Å². The minimum Gasteiger partial charge on any atom is -0.493 e. The van der Waals surface area contributed by atoms with E-state index in [-0.39, 0.29) is 6.10 Å². The van der Waals surface area contributed by atoms with E-state index in [0.717, 1.165) is 12.0 Å². The first kappa shape index (κ1) is 13.1. The molecular weight excluding hydrogens is 246 g/mol. The number of rotatable bonds is 5. The molecule has 1 aromatic heterocycles. The Morgan fingerprint density at radius 2 is 2.21 bits per heavy atom. The van der Waals surface area contributed by atoms with Crippen molar-refractivity contribution in [3.05, 3.63) is 41.3 Å². The highest BCUT2D eigenvalue weighted by Gasteiger charge is 2.17. The van der Waals surface area contributed by atoms with Crippen LogP contribution >= 0.6 is 0 Å². The summed E-state index contributed by atoms with van der Waals surface area (Å²) < 4.78 is 16.1. The predicted octanol–water partition coefficient (Wildman–Crippen LogP) is 2.94. The first-order chi connectivity index (χ1) is 9.15. The Hall–Kier alpha value is -2.30. The third-order valence-electron chi connectivity index (χ3n) is 2.70. The molecule has 1 heterocycles. The molecule has 0 spiro atoms. The number of hydrogen-bond acceptors (Lipinski definition) is 5. The molecule has 0 bridgehead atoms. The lowest BCUT2D eigenvalue weighted by Crippen LogP contribution is -2.05. The third-order valence-corrected chi connectivity index (χ3v) is 2.70. The van der Waals surface area contributed by atoms with Crippen LogP contribution in [0.4, 0.5) is 0 Å². The van der Waals surface area contributed by atoms with Gasteiger partial charge in [-0.2, -0.15) is 0 Å². The Morgan fingerprint density at radius 1 is 1.42 bits per heavy atom. The van der Waals surface area contributed by atoms with Crippen molar-refractivity contribution in [2.45, 2.75) is 20.0 Å². The standard InChI is InChI=1S/C14H15NO4/c1-9-7-13(19-15-9)10(2)18-14-11(8-16)5-4-6-12(14)17-3/h4-8,10H,1-3H3. The van der Waals surface area contributed by atoms with Gasteiger partial charge in [0.25, 0.3) is 0 Å². The third kappa shape index (κ3) is 2.76. The fourth-order valence-electron chi connectivity index (χ4n) is 1.72. The largest absolute Gasteiger partial charge is 0.493 e. The zero-order valence-corrected chi connectivity index (χ0v) is 11.0. The summed E-state index contributed by atoms with van der Waals surface area (Å²) in [7, 11) is 1.53. The monoisotopic (exact) mass is 261 g/mol. The number of carbonyl (C=O) groups is 1. The molecule has 1 unspecified atom stereocenters. The van der Waals surface area contributed by atoms with Gasteiger partial charge >= 0.3 is 0 Å². The van der Waals surface area contributed by atoms with E-state index in [1.54, 1.807) is 24.3 Å². The van der Waals surface area contributed by atoms with Crippen molar-refractivity contribution in [3.63, 3.8) is 0 Å². The van der Waals surface area contributed by atoms with Crippen LogP contribution in [0.3, 0.4) is 0 Å². The highest BCUT2D eigenvalue weighted by atomic mass is 16.5. The number of carbonyl (C=O) groups excluding carboxylic acids is 1. The van der Waals surface area contributed by atoms with Crippen molar-refractivity contribution in [1.29, 1.82) is 0 Å². The summed E-state index contributed by atoms with van der Waals surface area (Å²) >= 11 is 0. The maximum atomic E-state index is 11.0. The first-order valence-corrected chi connectivity index (χ1v) is 5.87. The summed E-state index contributed by atoms with van der Waals surface area (Å²) in [4.78, 5) is 11.0. The van der Waals surface area contributed by atoms with E-state index in [0.29, 0.717) is 22.8 Å². The van der Waals surface area contributed by atoms with Gasteiger partial charge in [-0.25, -0.2) is 0 Å². The maximum absolute atomic E-state index is 11.0. The number of hydrogen-bond donors (Lipinski definition) is 0. The SMILES string of the molecule is COc1cccc(C=O)c1OC(C)c1cc(C)no1. The van der Waals surface area contributed by atoms with Gasteiger partial charge in [-0.1, -0.05) is 11.2 Å². The van der Waals surface area contributed by atoms with Gasteiger partial charge in [-0.05, 0) is 26.0 Å². The summed E-state index contributed by atoms with van der Waals surface area (Å²) in [5.74, 6) is 1.51. The molecule has 0 aliphatic heterocycles. The van der Waals surface area contributed by atoms with Crippen LogP contribution in [-0.2, 0) is 0 Å². The van der Waals surface area contributed by atoms with Gasteiger partial charge in [0.15, 0.2) is 29.6 Å². The summed E-state index contributed by atoms with van der Waals surface area (Å²) in [5, 5.41) is 3.81. The summed E-state index contributed by atoms with van der Waals surface area (Å²) in [6.07, 6.45) is 0.368. The molecule has 5 heteroatoms. The molecule has 0 fully saturated rings. The highest BCUT2D eigenvalue weighted by Crippen LogP contribution is 2.33. The molecule has 0 aliphatic carbocycles. The predicted molar refractivity (Wildman–Crippen MR) is 68.7 cm³/mol. The van der Waals surface area contributed by atoms with Crippen molar-refractivity contribution in [1.82, 2.24) is 5.16 Å². The van der Waals surface area contributed by atoms with E-state index in [2.05, 4.69) is 5.16 Å². The molecule has 5 nitrogen and oxygen atoms in total. The summed E-state index contributed by atoms with van der Waals surface area (Å²) in [6.45, 7) is 3.65. The van der Waals surface area contributed by atoms with Crippen molar-refractivity contribution < 1.29 is 18.8 Å². The minimum absolute atomic E-state index is 0.365. The van der Waals surface area contributed by atoms with Gasteiger partial charge in [-0.15, -0.1) is 0 Å². The van der Waals surface area contributed by atoms with Gasteiger partial charge < -0.3 is 14.0 Å². The molecule has 0 amide bonds. The normalized spacial score (nSPS) is 11.9. The number of aldehydes is 1. The lowest BCUT2D eigenvalue weighted by Gasteiger charge is -2.16. The fourth-order valence-corrected chi connectivity index (χ4v) is 1.72. The quantitative estimate of drug-likeness (QED) is 0.774. The van der Waals surface area contributed by atoms with Crippen LogP contribution in [0.2, 0.25) is 0 Å². The average molecular weight is 261 g/mol. The Labute approximate surface area is 111 Å². The van der Waals surface area contributed by atoms with E-state index in [1.807, 2.05) is 13.8 Å². The van der Waals surface area contributed by atoms with Crippen molar-refractivity contribution >= 4 is 6.29 Å². The zero-order chi connectivity index (χ0) is 13.8. The van der Waals surface area contributed by atoms with Gasteiger partial charge in [0, 0.05) is 6.07 Å². The second kappa shape index (κ2) is 5.56. The zero-order valence-electron chi connectivity index (χ0n) is 11.0. The topological polar surface area (TPSA) is 61.6 Å². The number of ether oxygens (including phenoxy) is 2. The van der Waals surface area contributed by atoms with Crippen molar-refractivity contribution in [2.24, 2.45) is 0 Å². The second-order valence-electron chi connectivity index (χ2n) is 4.13. The van der Waals surface area contributed by atoms with E-state index >= 15 is 0 Å².